The zero-order valence-corrected chi connectivity index (χ0v) is 16.3. The second kappa shape index (κ2) is 8.39. The third-order valence-corrected chi connectivity index (χ3v) is 5.06. The van der Waals surface area contributed by atoms with Gasteiger partial charge in [0, 0.05) is 19.2 Å². The van der Waals surface area contributed by atoms with Crippen molar-refractivity contribution >= 4 is 18.0 Å². The Bertz CT molecular complexity index is 952. The van der Waals surface area contributed by atoms with Crippen molar-refractivity contribution in [2.45, 2.75) is 26.0 Å². The van der Waals surface area contributed by atoms with Crippen LogP contribution in [0.3, 0.4) is 0 Å². The van der Waals surface area contributed by atoms with E-state index >= 15 is 0 Å². The van der Waals surface area contributed by atoms with E-state index in [0.29, 0.717) is 37.8 Å². The number of rotatable bonds is 4. The fourth-order valence-electron chi connectivity index (χ4n) is 3.53. The zero-order chi connectivity index (χ0) is 20.2. The van der Waals surface area contributed by atoms with Crippen LogP contribution in [-0.2, 0) is 27.3 Å². The van der Waals surface area contributed by atoms with Crippen LogP contribution in [0.25, 0.3) is 6.08 Å². The quantitative estimate of drug-likeness (QED) is 0.590. The van der Waals surface area contributed by atoms with E-state index in [9.17, 15) is 9.59 Å². The van der Waals surface area contributed by atoms with Gasteiger partial charge in [0.05, 0.1) is 0 Å². The molecule has 0 unspecified atom stereocenters. The SMILES string of the molecule is C[C@H](OC(=O)/C=C/c1ccc2c(c1)OCCO2)C(=O)N1CCc2ccccc2C1. The average Bonchev–Trinajstić information content (AvgIpc) is 2.76. The molecule has 2 aromatic carbocycles. The second-order valence-electron chi connectivity index (χ2n) is 7.09. The lowest BCUT2D eigenvalue weighted by Crippen LogP contribution is -2.42. The summed E-state index contributed by atoms with van der Waals surface area (Å²) >= 11 is 0. The first-order chi connectivity index (χ1) is 14.1. The van der Waals surface area contributed by atoms with Crippen molar-refractivity contribution < 1.29 is 23.8 Å². The van der Waals surface area contributed by atoms with Crippen LogP contribution < -0.4 is 9.47 Å². The van der Waals surface area contributed by atoms with Crippen molar-refractivity contribution in [1.82, 2.24) is 4.90 Å². The van der Waals surface area contributed by atoms with Crippen LogP contribution in [0.4, 0.5) is 0 Å². The summed E-state index contributed by atoms with van der Waals surface area (Å²) in [5.74, 6) is 0.609. The molecule has 0 N–H and O–H groups in total. The molecule has 6 heteroatoms. The minimum atomic E-state index is -0.835. The summed E-state index contributed by atoms with van der Waals surface area (Å²) in [5.41, 5.74) is 3.20. The van der Waals surface area contributed by atoms with Gasteiger partial charge in [-0.1, -0.05) is 30.3 Å². The van der Waals surface area contributed by atoms with Crippen molar-refractivity contribution in [1.29, 1.82) is 0 Å². The van der Waals surface area contributed by atoms with Crippen LogP contribution in [0.2, 0.25) is 0 Å². The number of hydrogen-bond donors (Lipinski definition) is 0. The monoisotopic (exact) mass is 393 g/mol. The Morgan fingerprint density at radius 2 is 1.83 bits per heavy atom. The van der Waals surface area contributed by atoms with Crippen LogP contribution in [0.5, 0.6) is 11.5 Å². The highest BCUT2D eigenvalue weighted by Crippen LogP contribution is 2.31. The van der Waals surface area contributed by atoms with Gasteiger partial charge in [0.25, 0.3) is 5.91 Å². The second-order valence-corrected chi connectivity index (χ2v) is 7.09. The van der Waals surface area contributed by atoms with Crippen LogP contribution in [-0.4, -0.2) is 42.6 Å². The molecule has 0 bridgehead atoms. The molecule has 4 rings (SSSR count). The van der Waals surface area contributed by atoms with E-state index in [-0.39, 0.29) is 5.91 Å². The van der Waals surface area contributed by atoms with Crippen molar-refractivity contribution in [3.8, 4) is 11.5 Å². The minimum Gasteiger partial charge on any atom is -0.486 e. The number of carbonyl (C=O) groups is 2. The number of benzene rings is 2. The molecule has 2 aliphatic heterocycles. The largest absolute Gasteiger partial charge is 0.486 e. The Balaban J connectivity index is 1.33. The summed E-state index contributed by atoms with van der Waals surface area (Å²) < 4.78 is 16.3. The van der Waals surface area contributed by atoms with E-state index in [1.54, 1.807) is 30.0 Å². The van der Waals surface area contributed by atoms with E-state index < -0.39 is 12.1 Å². The van der Waals surface area contributed by atoms with Gasteiger partial charge in [-0.15, -0.1) is 0 Å². The van der Waals surface area contributed by atoms with Crippen LogP contribution >= 0.6 is 0 Å². The molecule has 150 valence electrons. The van der Waals surface area contributed by atoms with Gasteiger partial charge in [0.1, 0.15) is 13.2 Å². The number of fused-ring (bicyclic) bond motifs is 2. The molecular weight excluding hydrogens is 370 g/mol. The van der Waals surface area contributed by atoms with Gasteiger partial charge in [0.15, 0.2) is 17.6 Å². The summed E-state index contributed by atoms with van der Waals surface area (Å²) in [6.07, 6.45) is 2.93. The molecule has 2 aliphatic rings. The molecule has 0 fully saturated rings. The number of hydrogen-bond acceptors (Lipinski definition) is 5. The Morgan fingerprint density at radius 3 is 2.66 bits per heavy atom. The normalized spacial score (nSPS) is 16.2. The highest BCUT2D eigenvalue weighted by Gasteiger charge is 2.26. The van der Waals surface area contributed by atoms with Gasteiger partial charge in [-0.25, -0.2) is 4.79 Å². The Morgan fingerprint density at radius 1 is 1.07 bits per heavy atom. The average molecular weight is 393 g/mol. The topological polar surface area (TPSA) is 65.1 Å². The molecule has 0 aromatic heterocycles. The van der Waals surface area contributed by atoms with Crippen molar-refractivity contribution in [2.24, 2.45) is 0 Å². The third-order valence-electron chi connectivity index (χ3n) is 5.06. The molecule has 0 spiro atoms. The molecule has 29 heavy (non-hydrogen) atoms. The maximum Gasteiger partial charge on any atom is 0.331 e. The molecule has 0 saturated heterocycles. The first kappa shape index (κ1) is 19.1. The molecule has 0 radical (unpaired) electrons. The first-order valence-electron chi connectivity index (χ1n) is 9.74. The molecule has 1 amide bonds. The maximum atomic E-state index is 12.7. The van der Waals surface area contributed by atoms with Crippen LogP contribution in [0, 0.1) is 0 Å². The highest BCUT2D eigenvalue weighted by molar-refractivity contribution is 5.90. The Labute approximate surface area is 169 Å². The lowest BCUT2D eigenvalue weighted by Gasteiger charge is -2.30. The minimum absolute atomic E-state index is 0.180. The number of carbonyl (C=O) groups excluding carboxylic acids is 2. The highest BCUT2D eigenvalue weighted by atomic mass is 16.6. The number of esters is 1. The number of amides is 1. The Hall–Kier alpha value is -3.28. The maximum absolute atomic E-state index is 12.7. The Kier molecular flexibility index (Phi) is 5.51. The molecule has 1 atom stereocenters. The van der Waals surface area contributed by atoms with Gasteiger partial charge in [-0.2, -0.15) is 0 Å². The van der Waals surface area contributed by atoms with Crippen molar-refractivity contribution in [3.05, 3.63) is 65.2 Å². The van der Waals surface area contributed by atoms with Crippen molar-refractivity contribution in [3.63, 3.8) is 0 Å². The fraction of sp³-hybridized carbons (Fsp3) is 0.304. The summed E-state index contributed by atoms with van der Waals surface area (Å²) in [5, 5.41) is 0. The molecule has 6 nitrogen and oxygen atoms in total. The van der Waals surface area contributed by atoms with Gasteiger partial charge >= 0.3 is 5.97 Å². The summed E-state index contributed by atoms with van der Waals surface area (Å²) in [7, 11) is 0. The van der Waals surface area contributed by atoms with E-state index in [0.717, 1.165) is 17.5 Å². The van der Waals surface area contributed by atoms with E-state index in [2.05, 4.69) is 6.07 Å². The van der Waals surface area contributed by atoms with E-state index in [4.69, 9.17) is 14.2 Å². The fourth-order valence-corrected chi connectivity index (χ4v) is 3.53. The lowest BCUT2D eigenvalue weighted by atomic mass is 9.99. The summed E-state index contributed by atoms with van der Waals surface area (Å²) in [6.45, 7) is 3.82. The van der Waals surface area contributed by atoms with Crippen molar-refractivity contribution in [2.75, 3.05) is 19.8 Å². The predicted octanol–water partition coefficient (Wildman–Crippen LogP) is 2.99. The number of nitrogens with zero attached hydrogens (tertiary/aromatic N) is 1. The lowest BCUT2D eigenvalue weighted by molar-refractivity contribution is -0.155. The number of ether oxygens (including phenoxy) is 3. The van der Waals surface area contributed by atoms with E-state index in [1.807, 2.05) is 24.3 Å². The molecule has 2 aromatic rings. The molecule has 0 saturated carbocycles. The van der Waals surface area contributed by atoms with Gasteiger partial charge in [-0.3, -0.25) is 4.79 Å². The summed E-state index contributed by atoms with van der Waals surface area (Å²) in [4.78, 5) is 26.6. The predicted molar refractivity (Wildman–Crippen MR) is 108 cm³/mol. The van der Waals surface area contributed by atoms with Gasteiger partial charge in [0.2, 0.25) is 0 Å². The standard InChI is InChI=1S/C23H23NO5/c1-16(23(26)24-11-10-18-4-2-3-5-19(18)15-24)29-22(25)9-7-17-6-8-20-21(14-17)28-13-12-27-20/h2-9,14,16H,10-13,15H2,1H3/b9-7+/t16-/m0/s1. The third kappa shape index (κ3) is 4.42. The van der Waals surface area contributed by atoms with Gasteiger partial charge in [-0.05, 0) is 48.2 Å². The van der Waals surface area contributed by atoms with Gasteiger partial charge < -0.3 is 19.1 Å². The molecule has 0 aliphatic carbocycles. The summed E-state index contributed by atoms with van der Waals surface area (Å²) in [6, 6.07) is 13.5. The molecular formula is C23H23NO5. The molecule has 2 heterocycles. The van der Waals surface area contributed by atoms with E-state index in [1.165, 1.54) is 11.6 Å². The smallest absolute Gasteiger partial charge is 0.331 e. The van der Waals surface area contributed by atoms with Crippen LogP contribution in [0.15, 0.2) is 48.5 Å². The van der Waals surface area contributed by atoms with Crippen LogP contribution in [0.1, 0.15) is 23.6 Å². The zero-order valence-electron chi connectivity index (χ0n) is 16.3. The first-order valence-corrected chi connectivity index (χ1v) is 9.74.